The lowest BCUT2D eigenvalue weighted by Gasteiger charge is -2.18. The fraction of sp³-hybridized carbons (Fsp3) is 0. The van der Waals surface area contributed by atoms with Crippen LogP contribution in [-0.4, -0.2) is 35.5 Å². The summed E-state index contributed by atoms with van der Waals surface area (Å²) in [4.78, 5) is 55.1. The molecule has 156 valence electrons. The fourth-order valence-corrected chi connectivity index (χ4v) is 2.16. The van der Waals surface area contributed by atoms with E-state index in [2.05, 4.69) is 18.9 Å². The van der Waals surface area contributed by atoms with Crippen LogP contribution in [0.25, 0.3) is 0 Å². The van der Waals surface area contributed by atoms with Crippen molar-refractivity contribution in [2.24, 2.45) is 0 Å². The van der Waals surface area contributed by atoms with Crippen LogP contribution in [0.4, 0.5) is 19.2 Å². The van der Waals surface area contributed by atoms with Gasteiger partial charge in [0, 0.05) is 11.1 Å². The van der Waals surface area contributed by atoms with Gasteiger partial charge in [-0.15, -0.1) is 0 Å². The second-order valence-corrected chi connectivity index (χ2v) is 5.08. The first kappa shape index (κ1) is 21.5. The minimum Gasteiger partial charge on any atom is -0.512 e. The van der Waals surface area contributed by atoms with Crippen molar-refractivity contribution in [2.45, 2.75) is 0 Å². The molecule has 0 fully saturated rings. The zero-order chi connectivity index (χ0) is 22.4. The molecule has 0 atom stereocenters. The smallest absolute Gasteiger partial charge is 0.511 e. The summed E-state index contributed by atoms with van der Waals surface area (Å²) in [6, 6.07) is 5.52. The minimum atomic E-state index is -2.08. The van der Waals surface area contributed by atoms with Crippen LogP contribution in [0.5, 0.6) is 23.0 Å². The molecule has 2 aromatic carbocycles. The topological polar surface area (TPSA) is 212 Å². The summed E-state index contributed by atoms with van der Waals surface area (Å²) in [6.07, 6.45) is -7.96. The molecule has 2 aromatic rings. The van der Waals surface area contributed by atoms with Crippen molar-refractivity contribution in [1.29, 1.82) is 0 Å². The third kappa shape index (κ3) is 5.59. The first-order valence-corrected chi connectivity index (χ1v) is 7.47. The molecule has 30 heavy (non-hydrogen) atoms. The number of rotatable bonds is 6. The maximum Gasteiger partial charge on any atom is 0.511 e. The van der Waals surface area contributed by atoms with E-state index >= 15 is 0 Å². The van der Waals surface area contributed by atoms with Gasteiger partial charge in [-0.05, 0) is 36.4 Å². The highest BCUT2D eigenvalue weighted by atomic mass is 16.7. The van der Waals surface area contributed by atoms with Crippen LogP contribution in [0.3, 0.4) is 0 Å². The van der Waals surface area contributed by atoms with Crippen molar-refractivity contribution in [2.75, 3.05) is 0 Å². The Morgan fingerprint density at radius 3 is 1.33 bits per heavy atom. The average Bonchev–Trinajstić information content (AvgIpc) is 2.62. The van der Waals surface area contributed by atoms with E-state index in [0.29, 0.717) is 0 Å². The molecule has 0 aliphatic rings. The molecule has 0 aliphatic heterocycles. The zero-order valence-corrected chi connectivity index (χ0v) is 14.3. The van der Waals surface area contributed by atoms with Crippen LogP contribution in [0.15, 0.2) is 36.4 Å². The predicted octanol–water partition coefficient (Wildman–Crippen LogP) is -0.859. The highest BCUT2D eigenvalue weighted by Gasteiger charge is 2.16. The molecule has 0 aromatic heterocycles. The number of ketones is 1. The maximum atomic E-state index is 12.6. The lowest BCUT2D eigenvalue weighted by atomic mass is 10.0. The first-order chi connectivity index (χ1) is 14.1. The van der Waals surface area contributed by atoms with Crippen LogP contribution >= 0.6 is 0 Å². The van der Waals surface area contributed by atoms with Crippen LogP contribution in [0, 0.1) is 0 Å². The molecule has 0 radical (unpaired) electrons. The summed E-state index contributed by atoms with van der Waals surface area (Å²) in [5.74, 6) is -3.39. The van der Waals surface area contributed by atoms with Gasteiger partial charge in [-0.1, -0.05) is 0 Å². The van der Waals surface area contributed by atoms with Crippen molar-refractivity contribution in [3.63, 3.8) is 0 Å². The molecule has 13 heteroatoms. The molecule has 0 saturated heterocycles. The molecule has 0 unspecified atom stereocenters. The van der Waals surface area contributed by atoms with Gasteiger partial charge >= 0.3 is 6.16 Å². The van der Waals surface area contributed by atoms with Crippen LogP contribution in [0.2, 0.25) is 0 Å². The van der Waals surface area contributed by atoms with Gasteiger partial charge < -0.3 is 53.8 Å². The summed E-state index contributed by atoms with van der Waals surface area (Å²) in [6.45, 7) is 0. The van der Waals surface area contributed by atoms with E-state index in [1.165, 1.54) is 0 Å². The van der Waals surface area contributed by atoms with Gasteiger partial charge in [0.05, 0.1) is 17.2 Å². The third-order valence-corrected chi connectivity index (χ3v) is 3.19. The number of benzene rings is 2. The molecular formula is C17H7O13-3. The normalized spacial score (nSPS) is 9.87. The van der Waals surface area contributed by atoms with Crippen LogP contribution in [0.1, 0.15) is 15.9 Å². The Bertz CT molecular complexity index is 958. The number of carbonyl (C=O) groups is 5. The minimum absolute atomic E-state index is 0.245. The molecule has 2 rings (SSSR count). The largest absolute Gasteiger partial charge is 0.512 e. The number of hydrogen-bond donors (Lipinski definition) is 1. The Morgan fingerprint density at radius 2 is 0.967 bits per heavy atom. The summed E-state index contributed by atoms with van der Waals surface area (Å²) >= 11 is 0. The van der Waals surface area contributed by atoms with Gasteiger partial charge in [0.2, 0.25) is 0 Å². The third-order valence-electron chi connectivity index (χ3n) is 3.19. The molecule has 0 amide bonds. The lowest BCUT2D eigenvalue weighted by molar-refractivity contribution is -0.275. The Hall–Kier alpha value is -4.81. The van der Waals surface area contributed by atoms with Crippen molar-refractivity contribution < 1.29 is 63.3 Å². The van der Waals surface area contributed by atoms with Crippen molar-refractivity contribution in [1.82, 2.24) is 0 Å². The van der Waals surface area contributed by atoms with Gasteiger partial charge in [0.1, 0.15) is 0 Å². The molecular weight excluding hydrogens is 412 g/mol. The van der Waals surface area contributed by atoms with Gasteiger partial charge in [-0.25, -0.2) is 4.79 Å². The van der Waals surface area contributed by atoms with Crippen molar-refractivity contribution in [3.05, 3.63) is 47.5 Å². The molecule has 0 heterocycles. The van der Waals surface area contributed by atoms with E-state index in [1.807, 2.05) is 0 Å². The molecule has 0 bridgehead atoms. The maximum absolute atomic E-state index is 12.6. The highest BCUT2D eigenvalue weighted by molar-refractivity contribution is 6.09. The van der Waals surface area contributed by atoms with E-state index in [9.17, 15) is 39.3 Å². The second kappa shape index (κ2) is 8.92. The summed E-state index contributed by atoms with van der Waals surface area (Å²) in [5, 5.41) is 40.5. The summed E-state index contributed by atoms with van der Waals surface area (Å²) < 4.78 is 17.1. The number of carbonyl (C=O) groups excluding carboxylic acids is 4. The van der Waals surface area contributed by atoms with E-state index in [0.717, 1.165) is 36.4 Å². The summed E-state index contributed by atoms with van der Waals surface area (Å²) in [7, 11) is 0. The number of ether oxygens (including phenoxy) is 4. The van der Waals surface area contributed by atoms with Gasteiger partial charge in [-0.3, -0.25) is 4.79 Å². The van der Waals surface area contributed by atoms with Gasteiger partial charge in [0.15, 0.2) is 11.5 Å². The quantitative estimate of drug-likeness (QED) is 0.343. The Morgan fingerprint density at radius 1 is 0.600 bits per heavy atom. The molecule has 1 N–H and O–H groups in total. The number of carboxylic acid groups (broad SMARTS) is 4. The molecule has 0 aliphatic carbocycles. The Kier molecular flexibility index (Phi) is 6.39. The van der Waals surface area contributed by atoms with Crippen LogP contribution < -0.4 is 34.3 Å². The highest BCUT2D eigenvalue weighted by Crippen LogP contribution is 2.32. The van der Waals surface area contributed by atoms with Gasteiger partial charge in [0.25, 0.3) is 18.5 Å². The first-order valence-electron chi connectivity index (χ1n) is 7.47. The molecule has 0 spiro atoms. The van der Waals surface area contributed by atoms with E-state index in [-0.39, 0.29) is 11.1 Å². The van der Waals surface area contributed by atoms with E-state index < -0.39 is 53.4 Å². The molecule has 13 nitrogen and oxygen atoms in total. The Balaban J connectivity index is 2.45. The van der Waals surface area contributed by atoms with E-state index in [1.54, 1.807) is 0 Å². The standard InChI is InChI=1S/C17H10O13/c18-13(7-1-3-9(27-14(19)20)11(5-7)29-16(23)24)8-2-4-10(28-15(21)22)12(6-8)30-17(25)26/h1-6H,(H,19,20)(H,21,22)(H,23,24)(H,25,26)/p-3. The number of hydrogen-bond acceptors (Lipinski definition) is 12. The fourth-order valence-electron chi connectivity index (χ4n) is 2.16. The van der Waals surface area contributed by atoms with Crippen molar-refractivity contribution in [3.8, 4) is 23.0 Å². The second-order valence-electron chi connectivity index (χ2n) is 5.08. The molecule has 0 saturated carbocycles. The SMILES string of the molecule is O=C([O-])Oc1ccc(C(=O)c2ccc(OC(=O)[O-])c(OC(=O)O)c2)cc1OC(=O)[O-]. The average molecular weight is 419 g/mol. The van der Waals surface area contributed by atoms with Crippen LogP contribution in [-0.2, 0) is 0 Å². The Labute approximate surface area is 165 Å². The van der Waals surface area contributed by atoms with Gasteiger partial charge in [-0.2, -0.15) is 0 Å². The van der Waals surface area contributed by atoms with E-state index in [4.69, 9.17) is 5.11 Å². The van der Waals surface area contributed by atoms with Crippen molar-refractivity contribution >= 4 is 30.4 Å². The monoisotopic (exact) mass is 419 g/mol. The predicted molar refractivity (Wildman–Crippen MR) is 83.0 cm³/mol. The zero-order valence-electron chi connectivity index (χ0n) is 14.3. The summed E-state index contributed by atoms with van der Waals surface area (Å²) in [5.41, 5.74) is -0.503. The lowest BCUT2D eigenvalue weighted by Crippen LogP contribution is -2.29.